The Hall–Kier alpha value is -1.88. The van der Waals surface area contributed by atoms with Gasteiger partial charge in [0.2, 0.25) is 0 Å². The number of nitrogens with two attached hydrogens (primary N) is 1. The van der Waals surface area contributed by atoms with E-state index < -0.39 is 0 Å². The van der Waals surface area contributed by atoms with Crippen LogP contribution >= 0.6 is 0 Å². The number of aromatic nitrogens is 3. The second kappa shape index (κ2) is 5.18. The first-order chi connectivity index (χ1) is 8.58. The molecule has 2 rings (SSSR count). The van der Waals surface area contributed by atoms with E-state index >= 15 is 0 Å². The molecule has 0 aromatic carbocycles. The number of pyridine rings is 1. The molecule has 0 aliphatic carbocycles. The minimum atomic E-state index is -0.0231. The maximum atomic E-state index is 5.97. The van der Waals surface area contributed by atoms with Crippen molar-refractivity contribution < 1.29 is 0 Å². The molecule has 1 atom stereocenters. The molecule has 0 amide bonds. The zero-order chi connectivity index (χ0) is 13.1. The van der Waals surface area contributed by atoms with Gasteiger partial charge in [-0.3, -0.25) is 4.68 Å². The van der Waals surface area contributed by atoms with Crippen LogP contribution in [-0.2, 0) is 13.6 Å². The molecule has 5 heteroatoms. The largest absolute Gasteiger partial charge is 0.355 e. The monoisotopic (exact) mass is 245 g/mol. The van der Waals surface area contributed by atoms with E-state index in [0.717, 1.165) is 23.5 Å². The molecule has 2 aromatic heterocycles. The quantitative estimate of drug-likeness (QED) is 0.886. The van der Waals surface area contributed by atoms with E-state index in [4.69, 9.17) is 5.73 Å². The van der Waals surface area contributed by atoms with Crippen molar-refractivity contribution in [1.29, 1.82) is 0 Å². The van der Waals surface area contributed by atoms with Gasteiger partial charge in [0.25, 0.3) is 0 Å². The number of nitrogens with zero attached hydrogens (tertiary/aromatic N) is 4. The summed E-state index contributed by atoms with van der Waals surface area (Å²) in [7, 11) is 3.93. The first-order valence-electron chi connectivity index (χ1n) is 5.97. The van der Waals surface area contributed by atoms with Gasteiger partial charge in [0.15, 0.2) is 0 Å². The van der Waals surface area contributed by atoms with Crippen molar-refractivity contribution >= 4 is 5.82 Å². The van der Waals surface area contributed by atoms with Crippen LogP contribution in [0.2, 0.25) is 0 Å². The summed E-state index contributed by atoms with van der Waals surface area (Å²) in [6.45, 7) is 2.74. The van der Waals surface area contributed by atoms with Gasteiger partial charge in [0.05, 0.1) is 6.20 Å². The van der Waals surface area contributed by atoms with Crippen LogP contribution in [0.15, 0.2) is 30.7 Å². The van der Waals surface area contributed by atoms with E-state index in [-0.39, 0.29) is 6.04 Å². The maximum absolute atomic E-state index is 5.97. The lowest BCUT2D eigenvalue weighted by molar-refractivity contribution is 0.765. The molecule has 0 unspecified atom stereocenters. The minimum absolute atomic E-state index is 0.0231. The van der Waals surface area contributed by atoms with E-state index in [1.165, 1.54) is 0 Å². The van der Waals surface area contributed by atoms with E-state index in [2.05, 4.69) is 15.0 Å². The normalized spacial score (nSPS) is 12.4. The summed E-state index contributed by atoms with van der Waals surface area (Å²) in [5.41, 5.74) is 8.18. The summed E-state index contributed by atoms with van der Waals surface area (Å²) in [5, 5.41) is 4.17. The standard InChI is InChI=1S/C13H19N5/c1-10(14)12-5-4-6-15-13(12)17(2)8-11-7-16-18(3)9-11/h4-7,9-10H,8,14H2,1-3H3/t10-/m0/s1. The lowest BCUT2D eigenvalue weighted by Gasteiger charge is -2.21. The van der Waals surface area contributed by atoms with Gasteiger partial charge in [0, 0.05) is 50.2 Å². The summed E-state index contributed by atoms with van der Waals surface area (Å²) >= 11 is 0. The molecule has 5 nitrogen and oxygen atoms in total. The third-order valence-corrected chi connectivity index (χ3v) is 2.85. The molecule has 0 spiro atoms. The fourth-order valence-electron chi connectivity index (χ4n) is 1.99. The number of rotatable bonds is 4. The van der Waals surface area contributed by atoms with Gasteiger partial charge < -0.3 is 10.6 Å². The lowest BCUT2D eigenvalue weighted by atomic mass is 10.1. The average Bonchev–Trinajstić information content (AvgIpc) is 2.74. The van der Waals surface area contributed by atoms with Gasteiger partial charge in [-0.05, 0) is 13.0 Å². The highest BCUT2D eigenvalue weighted by atomic mass is 15.2. The van der Waals surface area contributed by atoms with E-state index in [1.807, 2.05) is 45.5 Å². The van der Waals surface area contributed by atoms with Gasteiger partial charge in [-0.1, -0.05) is 6.07 Å². The summed E-state index contributed by atoms with van der Waals surface area (Å²) in [5.74, 6) is 0.927. The van der Waals surface area contributed by atoms with Crippen molar-refractivity contribution in [2.45, 2.75) is 19.5 Å². The van der Waals surface area contributed by atoms with Crippen molar-refractivity contribution in [1.82, 2.24) is 14.8 Å². The molecule has 96 valence electrons. The predicted molar refractivity (Wildman–Crippen MR) is 72.2 cm³/mol. The maximum Gasteiger partial charge on any atom is 0.133 e. The summed E-state index contributed by atoms with van der Waals surface area (Å²) in [6, 6.07) is 3.91. The third kappa shape index (κ3) is 2.68. The number of aryl methyl sites for hydroxylation is 1. The molecule has 0 radical (unpaired) electrons. The van der Waals surface area contributed by atoms with Crippen LogP contribution < -0.4 is 10.6 Å². The molecule has 2 heterocycles. The summed E-state index contributed by atoms with van der Waals surface area (Å²) in [6.07, 6.45) is 5.66. The van der Waals surface area contributed by atoms with Crippen LogP contribution in [0.1, 0.15) is 24.1 Å². The summed E-state index contributed by atoms with van der Waals surface area (Å²) in [4.78, 5) is 6.51. The molecule has 2 N–H and O–H groups in total. The molecule has 0 aliphatic rings. The van der Waals surface area contributed by atoms with Crippen LogP contribution in [-0.4, -0.2) is 21.8 Å². The topological polar surface area (TPSA) is 60.0 Å². The summed E-state index contributed by atoms with van der Waals surface area (Å²) < 4.78 is 1.80. The highest BCUT2D eigenvalue weighted by Crippen LogP contribution is 2.22. The van der Waals surface area contributed by atoms with Gasteiger partial charge in [0.1, 0.15) is 5.82 Å². The second-order valence-corrected chi connectivity index (χ2v) is 4.58. The van der Waals surface area contributed by atoms with Crippen LogP contribution in [0.5, 0.6) is 0 Å². The average molecular weight is 245 g/mol. The van der Waals surface area contributed by atoms with Crippen molar-refractivity contribution in [2.75, 3.05) is 11.9 Å². The molecule has 0 saturated carbocycles. The van der Waals surface area contributed by atoms with Crippen LogP contribution in [0.3, 0.4) is 0 Å². The number of anilines is 1. The molecule has 2 aromatic rings. The fraction of sp³-hybridized carbons (Fsp3) is 0.385. The Bertz CT molecular complexity index is 518. The molecule has 0 aliphatic heterocycles. The Labute approximate surface area is 107 Å². The molecule has 0 fully saturated rings. The predicted octanol–water partition coefficient (Wildman–Crippen LogP) is 1.47. The van der Waals surface area contributed by atoms with Gasteiger partial charge in [-0.15, -0.1) is 0 Å². The Kier molecular flexibility index (Phi) is 3.62. The SMILES string of the molecule is C[C@H](N)c1cccnc1N(C)Cc1cnn(C)c1. The fourth-order valence-corrected chi connectivity index (χ4v) is 1.99. The Morgan fingerprint density at radius 2 is 2.28 bits per heavy atom. The van der Waals surface area contributed by atoms with Crippen LogP contribution in [0, 0.1) is 0 Å². The van der Waals surface area contributed by atoms with Crippen molar-refractivity contribution in [3.63, 3.8) is 0 Å². The van der Waals surface area contributed by atoms with Gasteiger partial charge in [-0.25, -0.2) is 4.98 Å². The highest BCUT2D eigenvalue weighted by molar-refractivity contribution is 5.47. The number of hydrogen-bond acceptors (Lipinski definition) is 4. The first kappa shape index (κ1) is 12.6. The Morgan fingerprint density at radius 1 is 1.50 bits per heavy atom. The molecule has 0 bridgehead atoms. The van der Waals surface area contributed by atoms with E-state index in [0.29, 0.717) is 0 Å². The van der Waals surface area contributed by atoms with Crippen LogP contribution in [0.4, 0.5) is 5.82 Å². The second-order valence-electron chi connectivity index (χ2n) is 4.58. The van der Waals surface area contributed by atoms with Gasteiger partial charge >= 0.3 is 0 Å². The van der Waals surface area contributed by atoms with Crippen molar-refractivity contribution in [3.8, 4) is 0 Å². The molecular weight excluding hydrogens is 226 g/mol. The third-order valence-electron chi connectivity index (χ3n) is 2.85. The molecule has 18 heavy (non-hydrogen) atoms. The molecular formula is C13H19N5. The van der Waals surface area contributed by atoms with Crippen LogP contribution in [0.25, 0.3) is 0 Å². The van der Waals surface area contributed by atoms with E-state index in [1.54, 1.807) is 10.9 Å². The Morgan fingerprint density at radius 3 is 2.89 bits per heavy atom. The number of hydrogen-bond donors (Lipinski definition) is 1. The van der Waals surface area contributed by atoms with Crippen molar-refractivity contribution in [2.24, 2.45) is 12.8 Å². The zero-order valence-electron chi connectivity index (χ0n) is 11.0. The van der Waals surface area contributed by atoms with E-state index in [9.17, 15) is 0 Å². The van der Waals surface area contributed by atoms with Gasteiger partial charge in [-0.2, -0.15) is 5.10 Å². The highest BCUT2D eigenvalue weighted by Gasteiger charge is 2.12. The Balaban J connectivity index is 2.20. The minimum Gasteiger partial charge on any atom is -0.355 e. The zero-order valence-corrected chi connectivity index (χ0v) is 11.0. The lowest BCUT2D eigenvalue weighted by Crippen LogP contribution is -2.21. The first-order valence-corrected chi connectivity index (χ1v) is 5.97. The smallest absolute Gasteiger partial charge is 0.133 e. The van der Waals surface area contributed by atoms with Crippen molar-refractivity contribution in [3.05, 3.63) is 41.9 Å². The molecule has 0 saturated heterocycles.